The summed E-state index contributed by atoms with van der Waals surface area (Å²) in [4.78, 5) is 16.8. The minimum Gasteiger partial charge on any atom is -0.472 e. The summed E-state index contributed by atoms with van der Waals surface area (Å²) in [6.45, 7) is 3.82. The Morgan fingerprint density at radius 1 is 1.33 bits per heavy atom. The van der Waals surface area contributed by atoms with Crippen molar-refractivity contribution in [2.24, 2.45) is 0 Å². The fraction of sp³-hybridized carbons (Fsp3) is 0.143. The lowest BCUT2D eigenvalue weighted by atomic mass is 9.99. The van der Waals surface area contributed by atoms with Crippen molar-refractivity contribution in [1.29, 1.82) is 10.7 Å². The smallest absolute Gasteiger partial charge is 0.274 e. The molecule has 0 atom stereocenters. The number of carbonyl (C=O) groups is 1. The summed E-state index contributed by atoms with van der Waals surface area (Å²) >= 11 is 0. The second-order valence-corrected chi connectivity index (χ2v) is 6.07. The Bertz CT molecular complexity index is 1050. The first-order valence-corrected chi connectivity index (χ1v) is 8.46. The van der Waals surface area contributed by atoms with Gasteiger partial charge in [0.05, 0.1) is 23.8 Å². The second kappa shape index (κ2) is 7.67. The van der Waals surface area contributed by atoms with Gasteiger partial charge in [-0.25, -0.2) is 4.98 Å². The monoisotopic (exact) mass is 358 g/mol. The van der Waals surface area contributed by atoms with E-state index >= 15 is 0 Å². The maximum absolute atomic E-state index is 12.7. The average Bonchev–Trinajstić information content (AvgIpc) is 3.23. The molecule has 6 heteroatoms. The Balaban J connectivity index is 1.88. The number of hydrogen-bond acceptors (Lipinski definition) is 5. The van der Waals surface area contributed by atoms with Gasteiger partial charge >= 0.3 is 0 Å². The van der Waals surface area contributed by atoms with Crippen LogP contribution in [0.1, 0.15) is 45.2 Å². The molecule has 6 nitrogen and oxygen atoms in total. The van der Waals surface area contributed by atoms with Gasteiger partial charge < -0.3 is 9.73 Å². The SMILES string of the molecule is CCc1cc(C#N)cnc1C(=O)Nc1ccc(C)c(C(=N)c2ccoc2)c1. The summed E-state index contributed by atoms with van der Waals surface area (Å²) < 4.78 is 5.05. The number of hydrogen-bond donors (Lipinski definition) is 2. The largest absolute Gasteiger partial charge is 0.472 e. The van der Waals surface area contributed by atoms with Crippen molar-refractivity contribution < 1.29 is 9.21 Å². The lowest BCUT2D eigenvalue weighted by molar-refractivity contribution is 0.102. The third-order valence-corrected chi connectivity index (χ3v) is 4.27. The zero-order valence-corrected chi connectivity index (χ0v) is 15.0. The predicted molar refractivity (Wildman–Crippen MR) is 102 cm³/mol. The van der Waals surface area contributed by atoms with E-state index in [9.17, 15) is 4.79 Å². The summed E-state index contributed by atoms with van der Waals surface area (Å²) in [6, 6.07) is 10.8. The summed E-state index contributed by atoms with van der Waals surface area (Å²) in [5.41, 5.74) is 4.62. The van der Waals surface area contributed by atoms with E-state index in [4.69, 9.17) is 15.1 Å². The van der Waals surface area contributed by atoms with Crippen molar-refractivity contribution in [2.75, 3.05) is 5.32 Å². The predicted octanol–water partition coefficient (Wildman–Crippen LogP) is 4.09. The van der Waals surface area contributed by atoms with Gasteiger partial charge in [0.25, 0.3) is 5.91 Å². The molecule has 2 aromatic heterocycles. The van der Waals surface area contributed by atoms with E-state index in [0.29, 0.717) is 45.8 Å². The van der Waals surface area contributed by atoms with E-state index in [2.05, 4.69) is 10.3 Å². The van der Waals surface area contributed by atoms with E-state index < -0.39 is 0 Å². The summed E-state index contributed by atoms with van der Waals surface area (Å²) in [7, 11) is 0. The maximum Gasteiger partial charge on any atom is 0.274 e. The number of rotatable bonds is 5. The molecule has 0 aliphatic rings. The van der Waals surface area contributed by atoms with Crippen LogP contribution in [0.4, 0.5) is 5.69 Å². The summed E-state index contributed by atoms with van der Waals surface area (Å²) in [5, 5.41) is 20.2. The lowest BCUT2D eigenvalue weighted by Gasteiger charge is -2.12. The molecule has 0 aliphatic heterocycles. The number of nitrogens with zero attached hydrogens (tertiary/aromatic N) is 2. The Morgan fingerprint density at radius 2 is 2.15 bits per heavy atom. The highest BCUT2D eigenvalue weighted by Gasteiger charge is 2.15. The number of anilines is 1. The first-order valence-electron chi connectivity index (χ1n) is 8.46. The molecule has 1 aromatic carbocycles. The highest BCUT2D eigenvalue weighted by atomic mass is 16.3. The molecule has 0 bridgehead atoms. The first kappa shape index (κ1) is 18.1. The lowest BCUT2D eigenvalue weighted by Crippen LogP contribution is -2.17. The van der Waals surface area contributed by atoms with Crippen LogP contribution >= 0.6 is 0 Å². The van der Waals surface area contributed by atoms with Crippen LogP contribution in [-0.4, -0.2) is 16.6 Å². The van der Waals surface area contributed by atoms with Gasteiger partial charge in [-0.3, -0.25) is 10.2 Å². The molecule has 27 heavy (non-hydrogen) atoms. The number of benzene rings is 1. The molecule has 3 rings (SSSR count). The number of furan rings is 1. The molecular formula is C21H18N4O2. The molecule has 3 aromatic rings. The van der Waals surface area contributed by atoms with Crippen molar-refractivity contribution in [2.45, 2.75) is 20.3 Å². The van der Waals surface area contributed by atoms with Crippen LogP contribution in [0.25, 0.3) is 0 Å². The molecular weight excluding hydrogens is 340 g/mol. The van der Waals surface area contributed by atoms with Gasteiger partial charge in [0.15, 0.2) is 0 Å². The molecule has 0 saturated heterocycles. The van der Waals surface area contributed by atoms with Crippen LogP contribution in [0, 0.1) is 23.7 Å². The Labute approximate surface area is 157 Å². The minimum atomic E-state index is -0.346. The number of pyridine rings is 1. The van der Waals surface area contributed by atoms with Crippen LogP contribution in [0.5, 0.6) is 0 Å². The zero-order chi connectivity index (χ0) is 19.4. The summed E-state index contributed by atoms with van der Waals surface area (Å²) in [6.07, 6.45) is 5.02. The third-order valence-electron chi connectivity index (χ3n) is 4.27. The van der Waals surface area contributed by atoms with E-state index in [1.54, 1.807) is 24.3 Å². The fourth-order valence-electron chi connectivity index (χ4n) is 2.77. The van der Waals surface area contributed by atoms with Crippen LogP contribution in [-0.2, 0) is 6.42 Å². The number of nitrogens with one attached hydrogen (secondary N) is 2. The van der Waals surface area contributed by atoms with E-state index in [0.717, 1.165) is 5.56 Å². The topological polar surface area (TPSA) is 103 Å². The Morgan fingerprint density at radius 3 is 2.81 bits per heavy atom. The van der Waals surface area contributed by atoms with Crippen LogP contribution in [0.2, 0.25) is 0 Å². The van der Waals surface area contributed by atoms with Gasteiger partial charge in [-0.2, -0.15) is 5.26 Å². The number of aromatic nitrogens is 1. The molecule has 2 N–H and O–H groups in total. The molecule has 0 fully saturated rings. The zero-order valence-electron chi connectivity index (χ0n) is 15.0. The molecule has 0 saturated carbocycles. The second-order valence-electron chi connectivity index (χ2n) is 6.07. The number of carbonyl (C=O) groups excluding carboxylic acids is 1. The molecule has 1 amide bonds. The van der Waals surface area contributed by atoms with E-state index in [-0.39, 0.29) is 5.91 Å². The normalized spacial score (nSPS) is 10.3. The van der Waals surface area contributed by atoms with Crippen molar-refractivity contribution in [3.63, 3.8) is 0 Å². The van der Waals surface area contributed by atoms with Gasteiger partial charge in [-0.05, 0) is 48.7 Å². The Hall–Kier alpha value is -3.72. The van der Waals surface area contributed by atoms with Gasteiger partial charge in [-0.15, -0.1) is 0 Å². The molecule has 0 aliphatic carbocycles. The van der Waals surface area contributed by atoms with Crippen molar-refractivity contribution in [3.8, 4) is 6.07 Å². The number of nitriles is 1. The molecule has 0 spiro atoms. The van der Waals surface area contributed by atoms with Crippen LogP contribution in [0.15, 0.2) is 53.5 Å². The highest BCUT2D eigenvalue weighted by Crippen LogP contribution is 2.20. The maximum atomic E-state index is 12.7. The summed E-state index contributed by atoms with van der Waals surface area (Å²) in [5.74, 6) is -0.346. The molecule has 2 heterocycles. The van der Waals surface area contributed by atoms with Gasteiger partial charge in [0.1, 0.15) is 11.8 Å². The Kier molecular flexibility index (Phi) is 5.13. The molecule has 0 radical (unpaired) electrons. The quantitative estimate of drug-likeness (QED) is 0.671. The van der Waals surface area contributed by atoms with Gasteiger partial charge in [0, 0.05) is 23.0 Å². The standard InChI is InChI=1S/C21H18N4O2/c1-3-15-8-14(10-22)11-24-20(15)21(26)25-17-5-4-13(2)18(9-17)19(23)16-6-7-27-12-16/h4-9,11-12,23H,3H2,1-2H3,(H,25,26). The first-order chi connectivity index (χ1) is 13.0. The van der Waals surface area contributed by atoms with Gasteiger partial charge in [-0.1, -0.05) is 13.0 Å². The van der Waals surface area contributed by atoms with Crippen molar-refractivity contribution in [3.05, 3.63) is 82.6 Å². The van der Waals surface area contributed by atoms with Crippen molar-refractivity contribution in [1.82, 2.24) is 4.98 Å². The third kappa shape index (κ3) is 3.77. The fourth-order valence-corrected chi connectivity index (χ4v) is 2.77. The van der Waals surface area contributed by atoms with Crippen LogP contribution in [0.3, 0.4) is 0 Å². The number of amides is 1. The van der Waals surface area contributed by atoms with E-state index in [1.165, 1.54) is 18.7 Å². The highest BCUT2D eigenvalue weighted by molar-refractivity contribution is 6.12. The minimum absolute atomic E-state index is 0.295. The van der Waals surface area contributed by atoms with Crippen molar-refractivity contribution >= 4 is 17.3 Å². The van der Waals surface area contributed by atoms with Crippen LogP contribution < -0.4 is 5.32 Å². The number of aryl methyl sites for hydroxylation is 2. The molecule has 134 valence electrons. The average molecular weight is 358 g/mol. The van der Waals surface area contributed by atoms with Gasteiger partial charge in [0.2, 0.25) is 0 Å². The molecule has 0 unspecified atom stereocenters. The van der Waals surface area contributed by atoms with E-state index in [1.807, 2.05) is 26.0 Å².